The number of amides is 1. The molecule has 2 N–H and O–H groups in total. The summed E-state index contributed by atoms with van der Waals surface area (Å²) >= 11 is 6.06. The second-order valence-electron chi connectivity index (χ2n) is 6.66. The van der Waals surface area contributed by atoms with Gasteiger partial charge in [-0.05, 0) is 54.4 Å². The van der Waals surface area contributed by atoms with Gasteiger partial charge in [0.1, 0.15) is 17.6 Å². The first-order chi connectivity index (χ1) is 14.8. The summed E-state index contributed by atoms with van der Waals surface area (Å²) in [5.41, 5.74) is 1.10. The molecule has 162 valence electrons. The summed E-state index contributed by atoms with van der Waals surface area (Å²) in [5.74, 6) is -0.704. The third-order valence-corrected chi connectivity index (χ3v) is 6.21. The van der Waals surface area contributed by atoms with Gasteiger partial charge < -0.3 is 10.1 Å². The molecule has 6 nitrogen and oxygen atoms in total. The van der Waals surface area contributed by atoms with E-state index in [9.17, 15) is 17.6 Å². The molecule has 0 radical (unpaired) electrons. The first-order valence-corrected chi connectivity index (χ1v) is 11.1. The van der Waals surface area contributed by atoms with Crippen molar-refractivity contribution in [2.24, 2.45) is 0 Å². The Kier molecular flexibility index (Phi) is 7.27. The maximum Gasteiger partial charge on any atom is 0.242 e. The molecule has 9 heteroatoms. The van der Waals surface area contributed by atoms with Gasteiger partial charge in [-0.25, -0.2) is 12.8 Å². The van der Waals surface area contributed by atoms with Gasteiger partial charge in [0, 0.05) is 5.69 Å². The third-order valence-electron chi connectivity index (χ3n) is 4.44. The first kappa shape index (κ1) is 22.7. The average molecular weight is 463 g/mol. The number of rotatable bonds is 8. The fourth-order valence-electron chi connectivity index (χ4n) is 2.87. The van der Waals surface area contributed by atoms with Crippen LogP contribution in [0, 0.1) is 5.82 Å². The maximum atomic E-state index is 13.1. The summed E-state index contributed by atoms with van der Waals surface area (Å²) in [6.45, 7) is 0. The number of hydrogen-bond donors (Lipinski definition) is 2. The minimum atomic E-state index is -4.08. The van der Waals surface area contributed by atoms with E-state index in [0.717, 1.165) is 5.56 Å². The van der Waals surface area contributed by atoms with Gasteiger partial charge in [-0.15, -0.1) is 0 Å². The molecule has 3 aromatic carbocycles. The first-order valence-electron chi connectivity index (χ1n) is 9.25. The summed E-state index contributed by atoms with van der Waals surface area (Å²) < 4.78 is 46.5. The summed E-state index contributed by atoms with van der Waals surface area (Å²) in [5, 5.41) is 2.74. The van der Waals surface area contributed by atoms with Crippen molar-refractivity contribution in [3.63, 3.8) is 0 Å². The van der Waals surface area contributed by atoms with E-state index < -0.39 is 27.8 Å². The van der Waals surface area contributed by atoms with Crippen molar-refractivity contribution in [1.29, 1.82) is 0 Å². The summed E-state index contributed by atoms with van der Waals surface area (Å²) in [7, 11) is -2.66. The normalized spacial score (nSPS) is 12.2. The lowest BCUT2D eigenvalue weighted by atomic mass is 10.1. The summed E-state index contributed by atoms with van der Waals surface area (Å²) in [6.07, 6.45) is 0.108. The lowest BCUT2D eigenvalue weighted by Gasteiger charge is -2.19. The van der Waals surface area contributed by atoms with Gasteiger partial charge in [-0.2, -0.15) is 4.72 Å². The Balaban J connectivity index is 1.87. The molecule has 0 spiro atoms. The number of nitrogens with one attached hydrogen (secondary N) is 2. The van der Waals surface area contributed by atoms with E-state index in [1.807, 2.05) is 6.07 Å². The van der Waals surface area contributed by atoms with Crippen LogP contribution in [0.15, 0.2) is 77.7 Å². The lowest BCUT2D eigenvalue weighted by Crippen LogP contribution is -2.45. The zero-order chi connectivity index (χ0) is 22.4. The molecule has 31 heavy (non-hydrogen) atoms. The Morgan fingerprint density at radius 2 is 1.74 bits per heavy atom. The van der Waals surface area contributed by atoms with Crippen LogP contribution < -0.4 is 14.8 Å². The minimum absolute atomic E-state index is 0.106. The van der Waals surface area contributed by atoms with Crippen molar-refractivity contribution in [2.75, 3.05) is 12.4 Å². The molecule has 1 atom stereocenters. The number of benzene rings is 3. The Bertz CT molecular complexity index is 1160. The van der Waals surface area contributed by atoms with E-state index in [-0.39, 0.29) is 16.3 Å². The van der Waals surface area contributed by atoms with Gasteiger partial charge in [0.15, 0.2) is 0 Å². The van der Waals surface area contributed by atoms with Crippen LogP contribution in [-0.2, 0) is 21.2 Å². The highest BCUT2D eigenvalue weighted by molar-refractivity contribution is 7.89. The predicted molar refractivity (Wildman–Crippen MR) is 117 cm³/mol. The van der Waals surface area contributed by atoms with Crippen LogP contribution in [0.4, 0.5) is 10.1 Å². The monoisotopic (exact) mass is 462 g/mol. The Morgan fingerprint density at radius 3 is 2.35 bits per heavy atom. The van der Waals surface area contributed by atoms with E-state index in [0.29, 0.717) is 11.4 Å². The number of carbonyl (C=O) groups excluding carboxylic acids is 1. The van der Waals surface area contributed by atoms with Crippen LogP contribution in [-0.4, -0.2) is 27.5 Å². The lowest BCUT2D eigenvalue weighted by molar-refractivity contribution is -0.117. The average Bonchev–Trinajstić information content (AvgIpc) is 2.75. The molecule has 1 unspecified atom stereocenters. The quantitative estimate of drug-likeness (QED) is 0.529. The van der Waals surface area contributed by atoms with Gasteiger partial charge in [-0.1, -0.05) is 41.9 Å². The van der Waals surface area contributed by atoms with Crippen molar-refractivity contribution in [3.8, 4) is 5.75 Å². The van der Waals surface area contributed by atoms with Gasteiger partial charge in [0.2, 0.25) is 15.9 Å². The molecule has 0 heterocycles. The highest BCUT2D eigenvalue weighted by Gasteiger charge is 2.27. The van der Waals surface area contributed by atoms with Crippen LogP contribution in [0.1, 0.15) is 5.56 Å². The number of methoxy groups -OCH3 is 1. The van der Waals surface area contributed by atoms with E-state index in [2.05, 4.69) is 10.0 Å². The summed E-state index contributed by atoms with van der Waals surface area (Å²) in [4.78, 5) is 12.8. The molecule has 0 saturated carbocycles. The number of carbonyl (C=O) groups is 1. The van der Waals surface area contributed by atoms with E-state index in [1.54, 1.807) is 24.3 Å². The van der Waals surface area contributed by atoms with E-state index >= 15 is 0 Å². The van der Waals surface area contributed by atoms with E-state index in [4.69, 9.17) is 16.3 Å². The topological polar surface area (TPSA) is 84.5 Å². The van der Waals surface area contributed by atoms with Crippen molar-refractivity contribution in [1.82, 2.24) is 4.72 Å². The van der Waals surface area contributed by atoms with Crippen molar-refractivity contribution >= 4 is 33.2 Å². The molecular formula is C22H20ClFN2O4S. The third kappa shape index (κ3) is 6.04. The van der Waals surface area contributed by atoms with Crippen molar-refractivity contribution in [3.05, 3.63) is 89.2 Å². The molecule has 0 saturated heterocycles. The fraction of sp³-hybridized carbons (Fsp3) is 0.136. The maximum absolute atomic E-state index is 13.1. The Morgan fingerprint density at radius 1 is 1.06 bits per heavy atom. The van der Waals surface area contributed by atoms with Crippen LogP contribution in [0.3, 0.4) is 0 Å². The van der Waals surface area contributed by atoms with Crippen LogP contribution in [0.2, 0.25) is 5.02 Å². The van der Waals surface area contributed by atoms with Crippen molar-refractivity contribution in [2.45, 2.75) is 17.4 Å². The molecule has 1 amide bonds. The molecule has 0 aromatic heterocycles. The second kappa shape index (κ2) is 9.91. The second-order valence-corrected chi connectivity index (χ2v) is 8.78. The van der Waals surface area contributed by atoms with Gasteiger partial charge in [-0.3, -0.25) is 4.79 Å². The largest absolute Gasteiger partial charge is 0.495 e. The summed E-state index contributed by atoms with van der Waals surface area (Å²) in [6, 6.07) is 17.1. The predicted octanol–water partition coefficient (Wildman–Crippen LogP) is 4.02. The van der Waals surface area contributed by atoms with Gasteiger partial charge in [0.25, 0.3) is 0 Å². The van der Waals surface area contributed by atoms with Crippen molar-refractivity contribution < 1.29 is 22.3 Å². The number of halogens is 2. The fourth-order valence-corrected chi connectivity index (χ4v) is 4.41. The molecule has 0 aliphatic heterocycles. The molecular weight excluding hydrogens is 443 g/mol. The SMILES string of the molecule is COc1ccc(S(=O)(=O)NC(Cc2ccccc2)C(=O)Nc2ccc(F)cc2)cc1Cl. The minimum Gasteiger partial charge on any atom is -0.495 e. The molecule has 0 bridgehead atoms. The molecule has 0 fully saturated rings. The van der Waals surface area contributed by atoms with Crippen LogP contribution >= 0.6 is 11.6 Å². The van der Waals surface area contributed by atoms with Crippen LogP contribution in [0.5, 0.6) is 5.75 Å². The van der Waals surface area contributed by atoms with Gasteiger partial charge in [0.05, 0.1) is 17.0 Å². The molecule has 0 aliphatic rings. The number of ether oxygens (including phenoxy) is 1. The zero-order valence-corrected chi connectivity index (χ0v) is 18.1. The number of hydrogen-bond acceptors (Lipinski definition) is 4. The smallest absolute Gasteiger partial charge is 0.242 e. The molecule has 0 aliphatic carbocycles. The molecule has 3 rings (SSSR count). The number of sulfonamides is 1. The van der Waals surface area contributed by atoms with E-state index in [1.165, 1.54) is 49.6 Å². The van der Waals surface area contributed by atoms with Gasteiger partial charge >= 0.3 is 0 Å². The van der Waals surface area contributed by atoms with Crippen LogP contribution in [0.25, 0.3) is 0 Å². The zero-order valence-electron chi connectivity index (χ0n) is 16.5. The standard InChI is InChI=1S/C22H20ClFN2O4S/c1-30-21-12-11-18(14-19(21)23)31(28,29)26-20(13-15-5-3-2-4-6-15)22(27)25-17-9-7-16(24)8-10-17/h2-12,14,20,26H,13H2,1H3,(H,25,27). The Hall–Kier alpha value is -2.94. The number of anilines is 1. The highest BCUT2D eigenvalue weighted by Crippen LogP contribution is 2.27. The Labute approximate surface area is 185 Å². The highest BCUT2D eigenvalue weighted by atomic mass is 35.5. The molecule has 3 aromatic rings.